The number of carbonyl (C=O) groups excluding carboxylic acids is 2. The lowest BCUT2D eigenvalue weighted by atomic mass is 9.94. The molecule has 108 valence electrons. The standard InChI is InChI=1S/C15H20N2O2S/c1-10-7-13(18)16-15(2,12-3-4-12)14(19)17(10)8-11-5-6-20-9-11/h5-6,9-10,12H,3-4,7-8H2,1-2H3,(H,16,18). The van der Waals surface area contributed by atoms with Gasteiger partial charge in [0.05, 0.1) is 0 Å². The molecule has 1 saturated heterocycles. The Morgan fingerprint density at radius 2 is 2.20 bits per heavy atom. The van der Waals surface area contributed by atoms with Crippen molar-refractivity contribution >= 4 is 23.2 Å². The van der Waals surface area contributed by atoms with Crippen LogP contribution in [0.15, 0.2) is 16.8 Å². The molecule has 2 heterocycles. The Morgan fingerprint density at radius 1 is 1.45 bits per heavy atom. The number of amides is 2. The average molecular weight is 292 g/mol. The van der Waals surface area contributed by atoms with Gasteiger partial charge in [0.25, 0.3) is 0 Å². The molecule has 2 aliphatic rings. The number of rotatable bonds is 3. The van der Waals surface area contributed by atoms with Gasteiger partial charge in [0.15, 0.2) is 0 Å². The van der Waals surface area contributed by atoms with Crippen molar-refractivity contribution in [2.45, 2.75) is 51.2 Å². The smallest absolute Gasteiger partial charge is 0.248 e. The fourth-order valence-electron chi connectivity index (χ4n) is 3.02. The van der Waals surface area contributed by atoms with Crippen LogP contribution in [-0.4, -0.2) is 28.3 Å². The lowest BCUT2D eigenvalue weighted by Gasteiger charge is -2.34. The molecule has 1 aliphatic carbocycles. The summed E-state index contributed by atoms with van der Waals surface area (Å²) in [5, 5.41) is 7.06. The molecule has 4 nitrogen and oxygen atoms in total. The molecule has 3 rings (SSSR count). The van der Waals surface area contributed by atoms with Crippen molar-refractivity contribution in [2.24, 2.45) is 5.92 Å². The van der Waals surface area contributed by atoms with Crippen LogP contribution in [0.25, 0.3) is 0 Å². The minimum absolute atomic E-state index is 0.00642. The number of nitrogens with zero attached hydrogens (tertiary/aromatic N) is 1. The third-order valence-corrected chi connectivity index (χ3v) is 5.18. The average Bonchev–Trinajstić information content (AvgIpc) is 3.13. The Balaban J connectivity index is 1.89. The van der Waals surface area contributed by atoms with E-state index in [0.29, 0.717) is 18.9 Å². The highest BCUT2D eigenvalue weighted by atomic mass is 32.1. The molecule has 20 heavy (non-hydrogen) atoms. The van der Waals surface area contributed by atoms with Gasteiger partial charge in [-0.25, -0.2) is 0 Å². The molecule has 0 radical (unpaired) electrons. The molecule has 0 spiro atoms. The van der Waals surface area contributed by atoms with Crippen LogP contribution in [0.2, 0.25) is 0 Å². The zero-order chi connectivity index (χ0) is 14.3. The Kier molecular flexibility index (Phi) is 3.32. The van der Waals surface area contributed by atoms with Crippen molar-refractivity contribution < 1.29 is 9.59 Å². The van der Waals surface area contributed by atoms with Gasteiger partial charge in [-0.05, 0) is 55.0 Å². The Labute approximate surface area is 123 Å². The quantitative estimate of drug-likeness (QED) is 0.928. The molecule has 1 aromatic heterocycles. The molecule has 1 saturated carbocycles. The lowest BCUT2D eigenvalue weighted by Crippen LogP contribution is -2.57. The van der Waals surface area contributed by atoms with Crippen LogP contribution in [0.1, 0.15) is 38.7 Å². The Hall–Kier alpha value is -1.36. The van der Waals surface area contributed by atoms with E-state index in [9.17, 15) is 9.59 Å². The maximum absolute atomic E-state index is 12.9. The molecule has 0 bridgehead atoms. The maximum Gasteiger partial charge on any atom is 0.248 e. The molecular weight excluding hydrogens is 272 g/mol. The van der Waals surface area contributed by atoms with Crippen LogP contribution < -0.4 is 5.32 Å². The van der Waals surface area contributed by atoms with Gasteiger partial charge in [0, 0.05) is 19.0 Å². The van der Waals surface area contributed by atoms with Gasteiger partial charge in [0.1, 0.15) is 5.54 Å². The molecule has 2 atom stereocenters. The van der Waals surface area contributed by atoms with E-state index in [0.717, 1.165) is 18.4 Å². The predicted molar refractivity (Wildman–Crippen MR) is 78.2 cm³/mol. The summed E-state index contributed by atoms with van der Waals surface area (Å²) in [5.74, 6) is 0.367. The van der Waals surface area contributed by atoms with Crippen LogP contribution in [-0.2, 0) is 16.1 Å². The summed E-state index contributed by atoms with van der Waals surface area (Å²) in [7, 11) is 0. The summed E-state index contributed by atoms with van der Waals surface area (Å²) in [5.41, 5.74) is 0.431. The van der Waals surface area contributed by atoms with E-state index in [-0.39, 0.29) is 17.9 Å². The van der Waals surface area contributed by atoms with Gasteiger partial charge in [-0.15, -0.1) is 0 Å². The monoisotopic (exact) mass is 292 g/mol. The lowest BCUT2D eigenvalue weighted by molar-refractivity contribution is -0.141. The van der Waals surface area contributed by atoms with Crippen molar-refractivity contribution in [1.82, 2.24) is 10.2 Å². The van der Waals surface area contributed by atoms with Gasteiger partial charge >= 0.3 is 0 Å². The Morgan fingerprint density at radius 3 is 2.80 bits per heavy atom. The van der Waals surface area contributed by atoms with Crippen molar-refractivity contribution in [3.05, 3.63) is 22.4 Å². The SMILES string of the molecule is CC1CC(=O)NC(C)(C2CC2)C(=O)N1Cc1ccsc1. The molecule has 1 aromatic rings. The van der Waals surface area contributed by atoms with Gasteiger partial charge in [0.2, 0.25) is 11.8 Å². The summed E-state index contributed by atoms with van der Waals surface area (Å²) in [6.07, 6.45) is 2.45. The molecular formula is C15H20N2O2S. The zero-order valence-electron chi connectivity index (χ0n) is 11.9. The van der Waals surface area contributed by atoms with E-state index in [1.807, 2.05) is 30.2 Å². The second-order valence-corrected chi connectivity index (χ2v) is 6.92. The molecule has 1 N–H and O–H groups in total. The van der Waals surface area contributed by atoms with Crippen molar-refractivity contribution in [3.63, 3.8) is 0 Å². The molecule has 1 aliphatic heterocycles. The fourth-order valence-corrected chi connectivity index (χ4v) is 3.68. The first-order valence-electron chi connectivity index (χ1n) is 7.14. The highest BCUT2D eigenvalue weighted by Crippen LogP contribution is 2.42. The Bertz CT molecular complexity index is 524. The first-order chi connectivity index (χ1) is 9.50. The number of carbonyl (C=O) groups is 2. The largest absolute Gasteiger partial charge is 0.342 e. The molecule has 5 heteroatoms. The zero-order valence-corrected chi connectivity index (χ0v) is 12.7. The first-order valence-corrected chi connectivity index (χ1v) is 8.08. The maximum atomic E-state index is 12.9. The number of hydrogen-bond acceptors (Lipinski definition) is 3. The summed E-state index contributed by atoms with van der Waals surface area (Å²) in [6.45, 7) is 4.45. The van der Waals surface area contributed by atoms with Crippen molar-refractivity contribution in [3.8, 4) is 0 Å². The fraction of sp³-hybridized carbons (Fsp3) is 0.600. The van der Waals surface area contributed by atoms with Gasteiger partial charge < -0.3 is 10.2 Å². The van der Waals surface area contributed by atoms with Crippen molar-refractivity contribution in [2.75, 3.05) is 0 Å². The van der Waals surface area contributed by atoms with E-state index >= 15 is 0 Å². The second-order valence-electron chi connectivity index (χ2n) is 6.14. The highest BCUT2D eigenvalue weighted by Gasteiger charge is 2.52. The third kappa shape index (κ3) is 2.35. The van der Waals surface area contributed by atoms with Crippen LogP contribution in [0.3, 0.4) is 0 Å². The van der Waals surface area contributed by atoms with E-state index in [4.69, 9.17) is 0 Å². The van der Waals surface area contributed by atoms with Crippen LogP contribution >= 0.6 is 11.3 Å². The van der Waals surface area contributed by atoms with E-state index in [2.05, 4.69) is 10.7 Å². The number of nitrogens with one attached hydrogen (secondary N) is 1. The van der Waals surface area contributed by atoms with E-state index in [1.54, 1.807) is 11.3 Å². The minimum Gasteiger partial charge on any atom is -0.342 e. The minimum atomic E-state index is -0.710. The van der Waals surface area contributed by atoms with Crippen LogP contribution in [0.5, 0.6) is 0 Å². The van der Waals surface area contributed by atoms with E-state index in [1.165, 1.54) is 0 Å². The predicted octanol–water partition coefficient (Wildman–Crippen LogP) is 2.15. The third-order valence-electron chi connectivity index (χ3n) is 4.44. The number of hydrogen-bond donors (Lipinski definition) is 1. The van der Waals surface area contributed by atoms with Crippen LogP contribution in [0, 0.1) is 5.92 Å². The summed E-state index contributed by atoms with van der Waals surface area (Å²) < 4.78 is 0. The van der Waals surface area contributed by atoms with Gasteiger partial charge in [-0.2, -0.15) is 11.3 Å². The topological polar surface area (TPSA) is 49.4 Å². The molecule has 0 aromatic carbocycles. The number of thiophene rings is 1. The van der Waals surface area contributed by atoms with Gasteiger partial charge in [-0.1, -0.05) is 0 Å². The van der Waals surface area contributed by atoms with E-state index < -0.39 is 5.54 Å². The van der Waals surface area contributed by atoms with Crippen LogP contribution in [0.4, 0.5) is 0 Å². The summed E-state index contributed by atoms with van der Waals surface area (Å²) >= 11 is 1.63. The molecule has 2 amide bonds. The first kappa shape index (κ1) is 13.6. The van der Waals surface area contributed by atoms with Gasteiger partial charge in [-0.3, -0.25) is 9.59 Å². The second kappa shape index (κ2) is 4.88. The molecule has 2 unspecified atom stereocenters. The summed E-state index contributed by atoms with van der Waals surface area (Å²) in [4.78, 5) is 26.9. The summed E-state index contributed by atoms with van der Waals surface area (Å²) in [6, 6.07) is 1.99. The van der Waals surface area contributed by atoms with Crippen molar-refractivity contribution in [1.29, 1.82) is 0 Å². The highest BCUT2D eigenvalue weighted by molar-refractivity contribution is 7.07. The normalized spacial score (nSPS) is 31.1. The molecule has 2 fully saturated rings.